The van der Waals surface area contributed by atoms with Gasteiger partial charge in [0.05, 0.1) is 11.3 Å². The first-order valence-electron chi connectivity index (χ1n) is 11.8. The molecule has 1 aromatic heterocycles. The molecule has 0 aliphatic carbocycles. The third-order valence-corrected chi connectivity index (χ3v) is 5.72. The predicted molar refractivity (Wildman–Crippen MR) is 137 cm³/mol. The second-order valence-electron chi connectivity index (χ2n) is 8.38. The van der Waals surface area contributed by atoms with E-state index in [1.165, 1.54) is 0 Å². The summed E-state index contributed by atoms with van der Waals surface area (Å²) >= 11 is 0. The second-order valence-corrected chi connectivity index (χ2v) is 8.38. The summed E-state index contributed by atoms with van der Waals surface area (Å²) in [5.74, 6) is -0.356. The summed E-state index contributed by atoms with van der Waals surface area (Å²) < 4.78 is 11.6. The highest BCUT2D eigenvalue weighted by atomic mass is 16.5. The Morgan fingerprint density at radius 3 is 2.19 bits per heavy atom. The zero-order valence-electron chi connectivity index (χ0n) is 20.2. The van der Waals surface area contributed by atoms with E-state index in [1.54, 1.807) is 37.3 Å². The van der Waals surface area contributed by atoms with Gasteiger partial charge in [-0.1, -0.05) is 61.9 Å². The summed E-state index contributed by atoms with van der Waals surface area (Å²) in [6.07, 6.45) is 1.59. The van der Waals surface area contributed by atoms with Crippen molar-refractivity contribution in [1.29, 1.82) is 0 Å². The van der Waals surface area contributed by atoms with Gasteiger partial charge in [-0.3, -0.25) is 4.98 Å². The number of hydrogen-bond acceptors (Lipinski definition) is 5. The molecular formula is C30H27NO5. The number of carboxylic acids is 1. The average Bonchev–Trinajstić information content (AvgIpc) is 2.88. The molecule has 0 spiro atoms. The highest BCUT2D eigenvalue weighted by molar-refractivity contribution is 5.97. The number of nitrogens with zero attached hydrogens (tertiary/aromatic N) is 1. The van der Waals surface area contributed by atoms with E-state index in [2.05, 4.69) is 0 Å². The Kier molecular flexibility index (Phi) is 7.75. The maximum Gasteiger partial charge on any atom is 0.343 e. The highest BCUT2D eigenvalue weighted by Gasteiger charge is 2.25. The van der Waals surface area contributed by atoms with Gasteiger partial charge in [0.15, 0.2) is 5.75 Å². The average molecular weight is 482 g/mol. The van der Waals surface area contributed by atoms with Crippen LogP contribution in [0.15, 0.2) is 84.9 Å². The lowest BCUT2D eigenvalue weighted by molar-refractivity contribution is 0.0678. The number of carbonyl (C=O) groups excluding carboxylic acids is 1. The van der Waals surface area contributed by atoms with Crippen LogP contribution in [0, 0.1) is 6.92 Å². The fourth-order valence-corrected chi connectivity index (χ4v) is 3.96. The molecule has 6 heteroatoms. The molecule has 0 radical (unpaired) electrons. The summed E-state index contributed by atoms with van der Waals surface area (Å²) in [5.41, 5.74) is 2.76. The molecule has 4 rings (SSSR count). The lowest BCUT2D eigenvalue weighted by Gasteiger charge is -2.17. The largest absolute Gasteiger partial charge is 0.478 e. The standard InChI is InChI=1S/C30H27NO5/c1-3-11-25-28(36-30(34)22-13-6-4-7-14-22)27(29(32)33)20(2)26(31-25)19-21-12-10-17-24(18-21)35-23-15-8-5-9-16-23/h4-10,12-18H,3,11,19H2,1-2H3,(H,32,33). The number of pyridine rings is 1. The molecule has 0 atom stereocenters. The molecule has 36 heavy (non-hydrogen) atoms. The van der Waals surface area contributed by atoms with Gasteiger partial charge in [0.25, 0.3) is 0 Å². The Hall–Kier alpha value is -4.45. The molecule has 0 aliphatic heterocycles. The number of benzene rings is 3. The number of ether oxygens (including phenoxy) is 2. The second kappa shape index (κ2) is 11.3. The molecule has 6 nitrogen and oxygen atoms in total. The van der Waals surface area contributed by atoms with Gasteiger partial charge in [0.2, 0.25) is 0 Å². The van der Waals surface area contributed by atoms with Gasteiger partial charge in [-0.25, -0.2) is 9.59 Å². The molecule has 0 aliphatic rings. The molecule has 0 bridgehead atoms. The van der Waals surface area contributed by atoms with Crippen molar-refractivity contribution in [1.82, 2.24) is 4.98 Å². The Balaban J connectivity index is 1.69. The summed E-state index contributed by atoms with van der Waals surface area (Å²) in [6, 6.07) is 25.6. The van der Waals surface area contributed by atoms with E-state index in [0.717, 1.165) is 11.3 Å². The van der Waals surface area contributed by atoms with Crippen molar-refractivity contribution >= 4 is 11.9 Å². The normalized spacial score (nSPS) is 10.6. The molecule has 0 amide bonds. The summed E-state index contributed by atoms with van der Waals surface area (Å²) in [7, 11) is 0. The van der Waals surface area contributed by atoms with Crippen LogP contribution in [-0.4, -0.2) is 22.0 Å². The minimum absolute atomic E-state index is 0.0145. The Morgan fingerprint density at radius 2 is 1.53 bits per heavy atom. The Bertz CT molecular complexity index is 1370. The first-order chi connectivity index (χ1) is 17.5. The van der Waals surface area contributed by atoms with E-state index in [9.17, 15) is 14.7 Å². The number of carbonyl (C=O) groups is 2. The lowest BCUT2D eigenvalue weighted by atomic mass is 9.98. The van der Waals surface area contributed by atoms with Crippen LogP contribution >= 0.6 is 0 Å². The van der Waals surface area contributed by atoms with E-state index in [0.29, 0.717) is 47.5 Å². The Morgan fingerprint density at radius 1 is 0.861 bits per heavy atom. The third kappa shape index (κ3) is 5.78. The zero-order chi connectivity index (χ0) is 25.5. The van der Waals surface area contributed by atoms with E-state index >= 15 is 0 Å². The van der Waals surface area contributed by atoms with Crippen molar-refractivity contribution in [2.45, 2.75) is 33.1 Å². The number of hydrogen-bond donors (Lipinski definition) is 1. The van der Waals surface area contributed by atoms with E-state index in [4.69, 9.17) is 14.5 Å². The van der Waals surface area contributed by atoms with Gasteiger partial charge in [-0.05, 0) is 60.9 Å². The maximum absolute atomic E-state index is 12.8. The van der Waals surface area contributed by atoms with Crippen LogP contribution in [0.4, 0.5) is 0 Å². The van der Waals surface area contributed by atoms with Crippen molar-refractivity contribution in [3.8, 4) is 17.2 Å². The summed E-state index contributed by atoms with van der Waals surface area (Å²) in [4.78, 5) is 29.9. The number of aromatic nitrogens is 1. The fourth-order valence-electron chi connectivity index (χ4n) is 3.96. The molecule has 182 valence electrons. The number of aromatic carboxylic acids is 1. The molecular weight excluding hydrogens is 454 g/mol. The summed E-state index contributed by atoms with van der Waals surface area (Å²) in [6.45, 7) is 3.67. The molecule has 0 saturated carbocycles. The number of rotatable bonds is 9. The van der Waals surface area contributed by atoms with Crippen molar-refractivity contribution in [3.05, 3.63) is 119 Å². The third-order valence-electron chi connectivity index (χ3n) is 5.72. The van der Waals surface area contributed by atoms with Crippen LogP contribution in [-0.2, 0) is 12.8 Å². The van der Waals surface area contributed by atoms with E-state index < -0.39 is 11.9 Å². The first-order valence-corrected chi connectivity index (χ1v) is 11.8. The number of para-hydroxylation sites is 1. The van der Waals surface area contributed by atoms with Crippen LogP contribution in [0.2, 0.25) is 0 Å². The first kappa shape index (κ1) is 24.7. The van der Waals surface area contributed by atoms with Crippen molar-refractivity contribution in [3.63, 3.8) is 0 Å². The number of esters is 1. The highest BCUT2D eigenvalue weighted by Crippen LogP contribution is 2.31. The monoisotopic (exact) mass is 481 g/mol. The summed E-state index contributed by atoms with van der Waals surface area (Å²) in [5, 5.41) is 10.1. The predicted octanol–water partition coefficient (Wildman–Crippen LogP) is 6.64. The molecule has 4 aromatic rings. The van der Waals surface area contributed by atoms with Crippen LogP contribution < -0.4 is 9.47 Å². The van der Waals surface area contributed by atoms with Gasteiger partial charge >= 0.3 is 11.9 Å². The van der Waals surface area contributed by atoms with E-state index in [1.807, 2.05) is 61.5 Å². The number of carboxylic acid groups (broad SMARTS) is 1. The minimum Gasteiger partial charge on any atom is -0.478 e. The molecule has 1 N–H and O–H groups in total. The van der Waals surface area contributed by atoms with Gasteiger partial charge in [-0.2, -0.15) is 0 Å². The fraction of sp³-hybridized carbons (Fsp3) is 0.167. The molecule has 3 aromatic carbocycles. The minimum atomic E-state index is -1.16. The molecule has 1 heterocycles. The van der Waals surface area contributed by atoms with Gasteiger partial charge in [0.1, 0.15) is 17.1 Å². The van der Waals surface area contributed by atoms with Crippen LogP contribution in [0.1, 0.15) is 56.6 Å². The van der Waals surface area contributed by atoms with Gasteiger partial charge < -0.3 is 14.6 Å². The number of aryl methyl sites for hydroxylation is 1. The van der Waals surface area contributed by atoms with Crippen molar-refractivity contribution in [2.75, 3.05) is 0 Å². The Labute approximate surface area is 210 Å². The molecule has 0 saturated heterocycles. The zero-order valence-corrected chi connectivity index (χ0v) is 20.2. The van der Waals surface area contributed by atoms with Crippen molar-refractivity contribution in [2.24, 2.45) is 0 Å². The SMILES string of the molecule is CCCc1nc(Cc2cccc(Oc3ccccc3)c2)c(C)c(C(=O)O)c1OC(=O)c1ccccc1. The van der Waals surface area contributed by atoms with Gasteiger partial charge in [-0.15, -0.1) is 0 Å². The smallest absolute Gasteiger partial charge is 0.343 e. The van der Waals surface area contributed by atoms with Crippen LogP contribution in [0.5, 0.6) is 17.2 Å². The van der Waals surface area contributed by atoms with E-state index in [-0.39, 0.29) is 11.3 Å². The van der Waals surface area contributed by atoms with Crippen LogP contribution in [0.25, 0.3) is 0 Å². The topological polar surface area (TPSA) is 85.7 Å². The maximum atomic E-state index is 12.8. The molecule has 0 fully saturated rings. The van der Waals surface area contributed by atoms with Gasteiger partial charge in [0, 0.05) is 12.1 Å². The van der Waals surface area contributed by atoms with Crippen molar-refractivity contribution < 1.29 is 24.2 Å². The van der Waals surface area contributed by atoms with Crippen LogP contribution in [0.3, 0.4) is 0 Å². The lowest BCUT2D eigenvalue weighted by Crippen LogP contribution is -2.17. The quantitative estimate of drug-likeness (QED) is 0.270. The molecule has 0 unspecified atom stereocenters.